The van der Waals surface area contributed by atoms with Crippen molar-refractivity contribution in [2.24, 2.45) is 0 Å². The number of esters is 2. The zero-order valence-electron chi connectivity index (χ0n) is 17.3. The molecule has 160 valence electrons. The predicted octanol–water partition coefficient (Wildman–Crippen LogP) is 6.57. The highest BCUT2D eigenvalue weighted by Crippen LogP contribution is 2.44. The molecule has 0 unspecified atom stereocenters. The molecule has 0 spiro atoms. The molecule has 0 N–H and O–H groups in total. The van der Waals surface area contributed by atoms with Gasteiger partial charge in [0.05, 0.1) is 16.5 Å². The van der Waals surface area contributed by atoms with Crippen molar-refractivity contribution >= 4 is 33.5 Å². The van der Waals surface area contributed by atoms with Crippen LogP contribution in [0.3, 0.4) is 0 Å². The van der Waals surface area contributed by atoms with Gasteiger partial charge in [0, 0.05) is 16.2 Å². The molecule has 0 aliphatic heterocycles. The molecule has 0 saturated heterocycles. The van der Waals surface area contributed by atoms with E-state index in [-0.39, 0.29) is 16.9 Å². The van der Waals surface area contributed by atoms with Gasteiger partial charge in [0.1, 0.15) is 17.3 Å². The van der Waals surface area contributed by atoms with E-state index >= 15 is 4.39 Å². The molecule has 5 aromatic rings. The fraction of sp³-hybridized carbons (Fsp3) is 0. The van der Waals surface area contributed by atoms with Crippen LogP contribution in [0.15, 0.2) is 103 Å². The minimum absolute atomic E-state index is 0.0661. The molecule has 0 fully saturated rings. The minimum Gasteiger partial charge on any atom is -0.422 e. The number of carbonyl (C=O) groups is 2. The smallest absolute Gasteiger partial charge is 0.343 e. The fourth-order valence-corrected chi connectivity index (χ4v) is 3.77. The molecule has 5 aromatic carbocycles. The second-order valence-corrected chi connectivity index (χ2v) is 7.38. The molecule has 33 heavy (non-hydrogen) atoms. The van der Waals surface area contributed by atoms with Crippen molar-refractivity contribution in [2.75, 3.05) is 0 Å². The van der Waals surface area contributed by atoms with Gasteiger partial charge in [0.2, 0.25) is 0 Å². The number of halogens is 1. The first-order valence-corrected chi connectivity index (χ1v) is 10.3. The summed E-state index contributed by atoms with van der Waals surface area (Å²) in [6, 6.07) is 28.4. The average Bonchev–Trinajstić information content (AvgIpc) is 2.87. The molecular formula is C28H17FO4. The van der Waals surface area contributed by atoms with Crippen LogP contribution in [-0.4, -0.2) is 11.9 Å². The summed E-state index contributed by atoms with van der Waals surface area (Å²) in [4.78, 5) is 25.7. The van der Waals surface area contributed by atoms with Crippen LogP contribution in [0.25, 0.3) is 21.5 Å². The lowest BCUT2D eigenvalue weighted by molar-refractivity contribution is 0.0726. The molecule has 0 aromatic heterocycles. The fourth-order valence-electron chi connectivity index (χ4n) is 3.77. The van der Waals surface area contributed by atoms with Crippen LogP contribution in [0.1, 0.15) is 20.7 Å². The van der Waals surface area contributed by atoms with E-state index < -0.39 is 17.8 Å². The molecule has 0 aliphatic carbocycles. The van der Waals surface area contributed by atoms with Crippen molar-refractivity contribution in [3.63, 3.8) is 0 Å². The Hall–Kier alpha value is -4.51. The Bertz CT molecular complexity index is 1490. The largest absolute Gasteiger partial charge is 0.422 e. The van der Waals surface area contributed by atoms with Crippen molar-refractivity contribution in [1.82, 2.24) is 0 Å². The molecule has 0 radical (unpaired) electrons. The topological polar surface area (TPSA) is 52.6 Å². The van der Waals surface area contributed by atoms with Gasteiger partial charge in [0.25, 0.3) is 0 Å². The van der Waals surface area contributed by atoms with Crippen molar-refractivity contribution in [3.8, 4) is 11.5 Å². The van der Waals surface area contributed by atoms with Crippen molar-refractivity contribution in [1.29, 1.82) is 0 Å². The summed E-state index contributed by atoms with van der Waals surface area (Å²) < 4.78 is 26.6. The maximum absolute atomic E-state index is 15.1. The number of hydrogen-bond donors (Lipinski definition) is 0. The van der Waals surface area contributed by atoms with E-state index in [1.54, 1.807) is 91.0 Å². The maximum atomic E-state index is 15.1. The van der Waals surface area contributed by atoms with Crippen LogP contribution >= 0.6 is 0 Å². The number of hydrogen-bond acceptors (Lipinski definition) is 4. The SMILES string of the molecule is O=C(Oc1c2ccccc2c(OC(=O)c2ccccc2)c2c(F)cccc12)c1ccccc1. The third kappa shape index (κ3) is 3.81. The van der Waals surface area contributed by atoms with E-state index in [2.05, 4.69) is 0 Å². The van der Waals surface area contributed by atoms with Crippen molar-refractivity contribution in [2.45, 2.75) is 0 Å². The summed E-state index contributed by atoms with van der Waals surface area (Å²) in [7, 11) is 0. The lowest BCUT2D eigenvalue weighted by Gasteiger charge is -2.17. The van der Waals surface area contributed by atoms with Gasteiger partial charge in [-0.2, -0.15) is 0 Å². The maximum Gasteiger partial charge on any atom is 0.343 e. The number of benzene rings is 5. The average molecular weight is 436 g/mol. The van der Waals surface area contributed by atoms with E-state index in [4.69, 9.17) is 9.47 Å². The second-order valence-electron chi connectivity index (χ2n) is 7.38. The van der Waals surface area contributed by atoms with Gasteiger partial charge in [-0.05, 0) is 30.3 Å². The van der Waals surface area contributed by atoms with E-state index in [1.807, 2.05) is 0 Å². The molecule has 0 amide bonds. The predicted molar refractivity (Wildman–Crippen MR) is 124 cm³/mol. The summed E-state index contributed by atoms with van der Waals surface area (Å²) in [5.74, 6) is -1.49. The highest BCUT2D eigenvalue weighted by Gasteiger charge is 2.23. The standard InChI is InChI=1S/C28H17FO4/c29-23-17-9-16-22-24(23)26(33-28(31)19-12-5-2-6-13-19)21-15-8-7-14-20(21)25(22)32-27(30)18-10-3-1-4-11-18/h1-17H. The third-order valence-corrected chi connectivity index (χ3v) is 5.31. The lowest BCUT2D eigenvalue weighted by Crippen LogP contribution is -2.11. The third-order valence-electron chi connectivity index (χ3n) is 5.31. The number of fused-ring (bicyclic) bond motifs is 2. The molecule has 0 heterocycles. The van der Waals surface area contributed by atoms with E-state index in [0.717, 1.165) is 0 Å². The highest BCUT2D eigenvalue weighted by molar-refractivity contribution is 6.14. The Kier molecular flexibility index (Phi) is 5.29. The second kappa shape index (κ2) is 8.55. The van der Waals surface area contributed by atoms with Gasteiger partial charge >= 0.3 is 11.9 Å². The molecular weight excluding hydrogens is 419 g/mol. The normalized spacial score (nSPS) is 10.8. The van der Waals surface area contributed by atoms with Crippen LogP contribution < -0.4 is 9.47 Å². The lowest BCUT2D eigenvalue weighted by atomic mass is 10.00. The Balaban J connectivity index is 1.71. The van der Waals surface area contributed by atoms with Crippen molar-refractivity contribution < 1.29 is 23.5 Å². The van der Waals surface area contributed by atoms with Gasteiger partial charge in [-0.1, -0.05) is 72.8 Å². The van der Waals surface area contributed by atoms with Crippen LogP contribution in [0.4, 0.5) is 4.39 Å². The monoisotopic (exact) mass is 436 g/mol. The Morgan fingerprint density at radius 1 is 0.515 bits per heavy atom. The molecule has 0 atom stereocenters. The zero-order chi connectivity index (χ0) is 22.8. The molecule has 4 nitrogen and oxygen atoms in total. The summed E-state index contributed by atoms with van der Waals surface area (Å²) in [6.45, 7) is 0. The molecule has 0 saturated carbocycles. The van der Waals surface area contributed by atoms with Gasteiger partial charge in [-0.25, -0.2) is 14.0 Å². The zero-order valence-corrected chi connectivity index (χ0v) is 17.3. The first-order chi connectivity index (χ1) is 16.1. The first-order valence-electron chi connectivity index (χ1n) is 10.3. The molecule has 0 bridgehead atoms. The van der Waals surface area contributed by atoms with Gasteiger partial charge in [-0.3, -0.25) is 0 Å². The van der Waals surface area contributed by atoms with Crippen LogP contribution in [0, 0.1) is 5.82 Å². The van der Waals surface area contributed by atoms with E-state index in [0.29, 0.717) is 27.3 Å². The van der Waals surface area contributed by atoms with E-state index in [1.165, 1.54) is 12.1 Å². The number of carbonyl (C=O) groups excluding carboxylic acids is 2. The Morgan fingerprint density at radius 3 is 1.55 bits per heavy atom. The summed E-state index contributed by atoms with van der Waals surface area (Å²) in [5.41, 5.74) is 0.705. The van der Waals surface area contributed by atoms with Gasteiger partial charge < -0.3 is 9.47 Å². The van der Waals surface area contributed by atoms with Crippen LogP contribution in [0.5, 0.6) is 11.5 Å². The number of ether oxygens (including phenoxy) is 2. The Labute approximate surface area is 188 Å². The first kappa shape index (κ1) is 20.4. The van der Waals surface area contributed by atoms with Crippen LogP contribution in [0.2, 0.25) is 0 Å². The summed E-state index contributed by atoms with van der Waals surface area (Å²) in [5, 5.41) is 1.37. The molecule has 0 aliphatic rings. The Morgan fingerprint density at radius 2 is 0.970 bits per heavy atom. The summed E-state index contributed by atoms with van der Waals surface area (Å²) >= 11 is 0. The van der Waals surface area contributed by atoms with Gasteiger partial charge in [-0.15, -0.1) is 0 Å². The minimum atomic E-state index is -0.612. The van der Waals surface area contributed by atoms with Crippen LogP contribution in [-0.2, 0) is 0 Å². The quantitative estimate of drug-likeness (QED) is 0.182. The van der Waals surface area contributed by atoms with E-state index in [9.17, 15) is 9.59 Å². The number of rotatable bonds is 4. The molecule has 5 heteroatoms. The molecule has 5 rings (SSSR count). The highest BCUT2D eigenvalue weighted by atomic mass is 19.1. The van der Waals surface area contributed by atoms with Gasteiger partial charge in [0.15, 0.2) is 0 Å². The summed E-state index contributed by atoms with van der Waals surface area (Å²) in [6.07, 6.45) is 0. The van der Waals surface area contributed by atoms with Crippen molar-refractivity contribution in [3.05, 3.63) is 120 Å².